The van der Waals surface area contributed by atoms with Gasteiger partial charge in [0.1, 0.15) is 11.2 Å². The molecule has 0 aliphatic rings. The Kier molecular flexibility index (Phi) is 4.02. The van der Waals surface area contributed by atoms with Gasteiger partial charge in [0.15, 0.2) is 0 Å². The normalized spacial score (nSPS) is 12.1. The zero-order chi connectivity index (χ0) is 25.5. The van der Waals surface area contributed by atoms with Crippen molar-refractivity contribution in [2.24, 2.45) is 0 Å². The van der Waals surface area contributed by atoms with Gasteiger partial charge in [-0.2, -0.15) is 0 Å². The summed E-state index contributed by atoms with van der Waals surface area (Å²) in [5.41, 5.74) is 8.64. The molecule has 5 aromatic carbocycles. The zero-order valence-corrected chi connectivity index (χ0v) is 20.9. The van der Waals surface area contributed by atoms with E-state index >= 15 is 0 Å². The molecule has 0 fully saturated rings. The molecule has 4 heteroatoms. The first-order chi connectivity index (χ1) is 19.4. The maximum atomic E-state index is 6.76. The molecule has 4 heterocycles. The first-order valence-corrected chi connectivity index (χ1v) is 13.2. The fraction of sp³-hybridized carbons (Fsp3) is 0. The highest BCUT2D eigenvalue weighted by molar-refractivity contribution is 6.39. The van der Waals surface area contributed by atoms with Crippen LogP contribution in [0.25, 0.3) is 76.9 Å². The topological polar surface area (TPSA) is 35.9 Å². The lowest BCUT2D eigenvalue weighted by Crippen LogP contribution is -1.98. The molecule has 9 rings (SSSR count). The molecule has 0 atom stereocenters. The van der Waals surface area contributed by atoms with E-state index in [1.807, 2.05) is 18.5 Å². The number of furan rings is 1. The Labute approximate surface area is 222 Å². The molecule has 39 heavy (non-hydrogen) atoms. The van der Waals surface area contributed by atoms with Gasteiger partial charge >= 0.3 is 0 Å². The third kappa shape index (κ3) is 2.65. The predicted molar refractivity (Wildman–Crippen MR) is 160 cm³/mol. The van der Waals surface area contributed by atoms with E-state index in [9.17, 15) is 0 Å². The van der Waals surface area contributed by atoms with E-state index in [1.165, 1.54) is 16.2 Å². The second-order valence-electron chi connectivity index (χ2n) is 10.00. The Hall–Kier alpha value is -5.35. The predicted octanol–water partition coefficient (Wildman–Crippen LogP) is 9.18. The van der Waals surface area contributed by atoms with E-state index in [0.29, 0.717) is 0 Å². The number of benzene rings is 5. The van der Waals surface area contributed by atoms with E-state index in [0.717, 1.165) is 60.8 Å². The van der Waals surface area contributed by atoms with Crippen LogP contribution in [0.5, 0.6) is 0 Å². The van der Waals surface area contributed by atoms with Crippen molar-refractivity contribution in [1.29, 1.82) is 0 Å². The Morgan fingerprint density at radius 2 is 1.00 bits per heavy atom. The molecular formula is C35H21N3O. The Morgan fingerprint density at radius 3 is 1.72 bits per heavy atom. The Bertz CT molecular complexity index is 2370. The van der Waals surface area contributed by atoms with Gasteiger partial charge in [-0.3, -0.25) is 4.98 Å². The number of aromatic nitrogens is 3. The number of hydrogen-bond donors (Lipinski definition) is 0. The molecule has 4 nitrogen and oxygen atoms in total. The maximum absolute atomic E-state index is 6.76. The van der Waals surface area contributed by atoms with Gasteiger partial charge in [0.05, 0.1) is 27.5 Å². The van der Waals surface area contributed by atoms with Crippen LogP contribution in [0.1, 0.15) is 0 Å². The molecule has 0 aliphatic carbocycles. The first-order valence-electron chi connectivity index (χ1n) is 13.2. The molecule has 0 saturated carbocycles. The summed E-state index contributed by atoms with van der Waals surface area (Å²) < 4.78 is 11.6. The molecular weight excluding hydrogens is 478 g/mol. The van der Waals surface area contributed by atoms with Crippen LogP contribution in [-0.2, 0) is 0 Å². The van der Waals surface area contributed by atoms with Gasteiger partial charge in [0, 0.05) is 50.7 Å². The van der Waals surface area contributed by atoms with Crippen LogP contribution in [0.3, 0.4) is 0 Å². The van der Waals surface area contributed by atoms with Gasteiger partial charge in [-0.1, -0.05) is 72.8 Å². The summed E-state index contributed by atoms with van der Waals surface area (Å²) >= 11 is 0. The summed E-state index contributed by atoms with van der Waals surface area (Å²) in [4.78, 5) is 4.33. The molecule has 0 N–H and O–H groups in total. The van der Waals surface area contributed by atoms with Crippen molar-refractivity contribution in [3.05, 3.63) is 128 Å². The number of pyridine rings is 1. The molecule has 0 amide bonds. The average Bonchev–Trinajstić information content (AvgIpc) is 3.66. The fourth-order valence-electron chi connectivity index (χ4n) is 6.49. The molecule has 0 unspecified atom stereocenters. The molecule has 0 radical (unpaired) electrons. The lowest BCUT2D eigenvalue weighted by molar-refractivity contribution is 0.673. The lowest BCUT2D eigenvalue weighted by Gasteiger charge is -2.12. The van der Waals surface area contributed by atoms with Gasteiger partial charge in [-0.25, -0.2) is 0 Å². The fourth-order valence-corrected chi connectivity index (χ4v) is 6.49. The second kappa shape index (κ2) is 7.59. The van der Waals surface area contributed by atoms with E-state index in [-0.39, 0.29) is 0 Å². The van der Waals surface area contributed by atoms with Crippen LogP contribution in [0.2, 0.25) is 0 Å². The van der Waals surface area contributed by atoms with Crippen molar-refractivity contribution in [2.45, 2.75) is 0 Å². The van der Waals surface area contributed by atoms with Crippen LogP contribution in [0, 0.1) is 0 Å². The van der Waals surface area contributed by atoms with Gasteiger partial charge in [0.2, 0.25) is 0 Å². The number of hydrogen-bond acceptors (Lipinski definition) is 2. The van der Waals surface area contributed by atoms with Crippen LogP contribution in [0.4, 0.5) is 0 Å². The summed E-state index contributed by atoms with van der Waals surface area (Å²) in [6, 6.07) is 40.6. The molecule has 0 bridgehead atoms. The highest BCUT2D eigenvalue weighted by atomic mass is 16.3. The largest absolute Gasteiger partial charge is 0.455 e. The minimum atomic E-state index is 0.901. The van der Waals surface area contributed by atoms with Crippen molar-refractivity contribution in [1.82, 2.24) is 14.1 Å². The molecule has 0 aliphatic heterocycles. The first kappa shape index (κ1) is 20.7. The van der Waals surface area contributed by atoms with Crippen LogP contribution in [0.15, 0.2) is 132 Å². The minimum absolute atomic E-state index is 0.901. The second-order valence-corrected chi connectivity index (χ2v) is 10.00. The third-order valence-corrected chi connectivity index (χ3v) is 7.98. The van der Waals surface area contributed by atoms with Crippen LogP contribution < -0.4 is 0 Å². The summed E-state index contributed by atoms with van der Waals surface area (Å²) in [6.45, 7) is 0. The zero-order valence-electron chi connectivity index (χ0n) is 20.9. The Morgan fingerprint density at radius 1 is 0.462 bits per heavy atom. The number of fused-ring (bicyclic) bond motifs is 12. The molecule has 0 saturated heterocycles. The lowest BCUT2D eigenvalue weighted by atomic mass is 10.0. The van der Waals surface area contributed by atoms with Crippen LogP contribution >= 0.6 is 0 Å². The van der Waals surface area contributed by atoms with Crippen molar-refractivity contribution in [2.75, 3.05) is 0 Å². The highest BCUT2D eigenvalue weighted by Gasteiger charge is 2.27. The highest BCUT2D eigenvalue weighted by Crippen LogP contribution is 2.49. The number of rotatable bonds is 2. The standard InChI is InChI=1S/C35H21N3O/c1-2-10-22(11-3-1)37-28-16-8-5-13-25(28)32-34(37)33-30(31-26-14-6-9-17-29(26)39-35(31)32)24-12-4-7-15-27(24)38(33)23-18-20-36-21-19-23/h1-21H. The smallest absolute Gasteiger partial charge is 0.146 e. The van der Waals surface area contributed by atoms with Gasteiger partial charge in [-0.15, -0.1) is 0 Å². The van der Waals surface area contributed by atoms with Gasteiger partial charge < -0.3 is 13.6 Å². The molecule has 0 spiro atoms. The third-order valence-electron chi connectivity index (χ3n) is 7.98. The molecule has 182 valence electrons. The van der Waals surface area contributed by atoms with Crippen molar-refractivity contribution in [3.8, 4) is 11.4 Å². The summed E-state index contributed by atoms with van der Waals surface area (Å²) in [7, 11) is 0. The van der Waals surface area contributed by atoms with Crippen molar-refractivity contribution >= 4 is 65.6 Å². The quantitative estimate of drug-likeness (QED) is 0.238. The molecule has 9 aromatic rings. The monoisotopic (exact) mass is 499 g/mol. The van der Waals surface area contributed by atoms with Crippen LogP contribution in [-0.4, -0.2) is 14.1 Å². The maximum Gasteiger partial charge on any atom is 0.146 e. The van der Waals surface area contributed by atoms with E-state index in [1.54, 1.807) is 0 Å². The summed E-state index contributed by atoms with van der Waals surface area (Å²) in [5.74, 6) is 0. The van der Waals surface area contributed by atoms with Crippen molar-refractivity contribution < 1.29 is 4.42 Å². The average molecular weight is 500 g/mol. The number of nitrogens with zero attached hydrogens (tertiary/aromatic N) is 3. The van der Waals surface area contributed by atoms with Gasteiger partial charge in [-0.05, 0) is 42.5 Å². The summed E-state index contributed by atoms with van der Waals surface area (Å²) in [6.07, 6.45) is 3.73. The van der Waals surface area contributed by atoms with E-state index in [2.05, 4.69) is 123 Å². The van der Waals surface area contributed by atoms with E-state index in [4.69, 9.17) is 4.42 Å². The number of para-hydroxylation sites is 4. The van der Waals surface area contributed by atoms with Crippen molar-refractivity contribution in [3.63, 3.8) is 0 Å². The summed E-state index contributed by atoms with van der Waals surface area (Å²) in [5, 5.41) is 7.00. The minimum Gasteiger partial charge on any atom is -0.455 e. The SMILES string of the molecule is c1ccc(-n2c3ccccc3c3c4oc5ccccc5c4c4c5ccccc5n(-c5ccncc5)c4c32)cc1. The van der Waals surface area contributed by atoms with E-state index < -0.39 is 0 Å². The Balaban J connectivity index is 1.71. The van der Waals surface area contributed by atoms with Gasteiger partial charge in [0.25, 0.3) is 0 Å². The molecule has 4 aromatic heterocycles.